The van der Waals surface area contributed by atoms with Crippen molar-refractivity contribution in [1.82, 2.24) is 16.0 Å². The second-order valence-electron chi connectivity index (χ2n) is 24.1. The fourth-order valence-corrected chi connectivity index (χ4v) is 12.3. The molecule has 3 amide bonds. The number of ether oxygens (including phenoxy) is 15. The molecule has 8 heterocycles. The van der Waals surface area contributed by atoms with E-state index in [0.717, 1.165) is 20.8 Å². The minimum absolute atomic E-state index is 0.767. The molecule has 42 nitrogen and oxygen atoms in total. The molecule has 0 unspecified atom stereocenters. The van der Waals surface area contributed by atoms with E-state index in [2.05, 4.69) is 16.0 Å². The molecule has 8 aliphatic rings. The summed E-state index contributed by atoms with van der Waals surface area (Å²) in [5.41, 5.74) is 0. The van der Waals surface area contributed by atoms with Crippen molar-refractivity contribution < 1.29 is 193 Å². The molecule has 39 atom stereocenters. The smallest absolute Gasteiger partial charge is 0.217 e. The van der Waals surface area contributed by atoms with Gasteiger partial charge in [0.05, 0.1) is 52.4 Å². The van der Waals surface area contributed by atoms with Crippen molar-refractivity contribution in [3.63, 3.8) is 0 Å². The maximum atomic E-state index is 13.1. The predicted molar refractivity (Wildman–Crippen MR) is 292 cm³/mol. The molecule has 0 radical (unpaired) electrons. The van der Waals surface area contributed by atoms with Crippen LogP contribution in [0.15, 0.2) is 0 Å². The maximum absolute atomic E-state index is 13.1. The van der Waals surface area contributed by atoms with Crippen molar-refractivity contribution in [2.75, 3.05) is 46.2 Å². The highest BCUT2D eigenvalue weighted by Gasteiger charge is 2.60. The van der Waals surface area contributed by atoms with Crippen molar-refractivity contribution >= 4 is 17.7 Å². The Kier molecular flexibility index (Phi) is 27.5. The maximum Gasteiger partial charge on any atom is 0.217 e. The van der Waals surface area contributed by atoms with E-state index >= 15 is 0 Å². The Morgan fingerprint density at radius 1 is 0.295 bits per heavy atom. The van der Waals surface area contributed by atoms with Crippen LogP contribution in [0.1, 0.15) is 27.7 Å². The Balaban J connectivity index is 1.13. The predicted octanol–water partition coefficient (Wildman–Crippen LogP) is -16.4. The average Bonchev–Trinajstić information content (AvgIpc) is 1.35. The van der Waals surface area contributed by atoms with Gasteiger partial charge in [-0.05, 0) is 6.92 Å². The van der Waals surface area contributed by atoms with Gasteiger partial charge in [0.2, 0.25) is 17.7 Å². The first kappa shape index (κ1) is 77.7. The number of hydrogen-bond acceptors (Lipinski definition) is 39. The van der Waals surface area contributed by atoms with E-state index in [1.165, 1.54) is 6.92 Å². The van der Waals surface area contributed by atoms with E-state index in [-0.39, 0.29) is 0 Å². The first-order valence-electron chi connectivity index (χ1n) is 30.4. The first-order valence-corrected chi connectivity index (χ1v) is 30.4. The number of aliphatic hydroxyl groups is 21. The number of hydrogen-bond donors (Lipinski definition) is 24. The first-order chi connectivity index (χ1) is 44.9. The molecular weight excluding hydrogens is 1300 g/mol. The molecule has 8 rings (SSSR count). The van der Waals surface area contributed by atoms with Gasteiger partial charge in [0.1, 0.15) is 183 Å². The van der Waals surface area contributed by atoms with Crippen molar-refractivity contribution in [2.24, 2.45) is 0 Å². The van der Waals surface area contributed by atoms with E-state index in [4.69, 9.17) is 71.1 Å². The zero-order valence-corrected chi connectivity index (χ0v) is 51.2. The van der Waals surface area contributed by atoms with Crippen LogP contribution >= 0.6 is 0 Å². The van der Waals surface area contributed by atoms with Gasteiger partial charge in [0, 0.05) is 20.8 Å². The lowest BCUT2D eigenvalue weighted by Gasteiger charge is -2.51. The molecule has 550 valence electrons. The largest absolute Gasteiger partial charge is 0.394 e. The Bertz CT molecular complexity index is 2440. The molecule has 42 heteroatoms. The second-order valence-corrected chi connectivity index (χ2v) is 24.1. The van der Waals surface area contributed by atoms with Crippen LogP contribution in [0.5, 0.6) is 0 Å². The van der Waals surface area contributed by atoms with Crippen molar-refractivity contribution in [3.8, 4) is 0 Å². The van der Waals surface area contributed by atoms with Gasteiger partial charge in [-0.15, -0.1) is 0 Å². The third-order valence-electron chi connectivity index (χ3n) is 17.5. The summed E-state index contributed by atoms with van der Waals surface area (Å²) >= 11 is 0. The van der Waals surface area contributed by atoms with Crippen molar-refractivity contribution in [3.05, 3.63) is 0 Å². The van der Waals surface area contributed by atoms with Gasteiger partial charge in [-0.25, -0.2) is 0 Å². The molecule has 0 bridgehead atoms. The van der Waals surface area contributed by atoms with Crippen LogP contribution in [-0.2, 0) is 85.4 Å². The molecule has 0 aliphatic carbocycles. The zero-order chi connectivity index (χ0) is 69.9. The molecule has 0 aromatic heterocycles. The molecule has 0 aromatic carbocycles. The highest BCUT2D eigenvalue weighted by atomic mass is 16.8. The Hall–Kier alpha value is -3.03. The summed E-state index contributed by atoms with van der Waals surface area (Å²) in [6.07, 6.45) is -70.9. The molecule has 8 saturated heterocycles. The standard InChI is InChI=1S/C53H89N3O39/c1-12-26(66)33(73)37(77)50(82-12)93-43-25(56-15(4)65)46(80)83-21(10-62)42(43)92-48-24(55-14(3)64)32(72)40(19(8-60)87-48)91-53-45(95-51-36(76)29(69)18(7-59)86-51)44(94-52-38(78)34(74)28(68)17(6-58)85-52)30(70)22(89-53)11-81-49-39(79)35(75)41(20(9-61)88-49)90-47-23(54-13(2)63)31(71)27(67)16(5-57)84-47/h12,16-53,57-62,66-80H,5-11H2,1-4H3,(H,54,63)(H,55,64)(H,56,65)/t12-,16+,17+,18+,19+,20+,21+,22+,23+,24+,25+,26+,27+,28+,29-,30+,31+,32+,33+,34-,35-,36+,37-,38-,39-,40+,41+,42+,43+,44-,45-,46+,47-,48-,49-,50-,51-,52+,53-/m0/s1. The quantitative estimate of drug-likeness (QED) is 0.0427. The molecule has 0 saturated carbocycles. The van der Waals surface area contributed by atoms with Crippen molar-refractivity contribution in [2.45, 2.75) is 267 Å². The minimum atomic E-state index is -2.36. The summed E-state index contributed by atoms with van der Waals surface area (Å²) in [6, 6.07) is -5.26. The monoisotopic (exact) mass is 1390 g/mol. The fourth-order valence-electron chi connectivity index (χ4n) is 12.3. The summed E-state index contributed by atoms with van der Waals surface area (Å²) in [4.78, 5) is 37.9. The van der Waals surface area contributed by atoms with E-state index in [9.17, 15) is 122 Å². The number of amides is 3. The Morgan fingerprint density at radius 2 is 0.642 bits per heavy atom. The molecule has 95 heavy (non-hydrogen) atoms. The van der Waals surface area contributed by atoms with Crippen LogP contribution in [0, 0.1) is 0 Å². The van der Waals surface area contributed by atoms with Gasteiger partial charge in [0.25, 0.3) is 0 Å². The third kappa shape index (κ3) is 17.0. The Morgan fingerprint density at radius 3 is 1.17 bits per heavy atom. The van der Waals surface area contributed by atoms with Crippen LogP contribution in [0.2, 0.25) is 0 Å². The summed E-state index contributed by atoms with van der Waals surface area (Å²) in [6.45, 7) is -2.95. The molecule has 24 N–H and O–H groups in total. The van der Waals surface area contributed by atoms with Crippen LogP contribution in [0.25, 0.3) is 0 Å². The SMILES string of the molecule is CC(=O)N[C@@H]1[C@@H](O[C@@H]2O[C@@H](C)[C@@H](O)[C@@H](O)[C@@H]2O)[C@H](O[C@@H]2O[C@H](CO)[C@@H](O[C@@H]3O[C@H](CO[C@H]4O[C@H](CO)[C@@H](O[C@@H]5O[C@H](CO)[C@@H](O)[C@H](O)[C@H]5NC(C)=O)[C@@H](O)[C@@H]4O)[C@@H](O)[C@H](O[C@H]4O[C@H](CO)[C@@H](O)[C@H](O)[C@@H]4O)[C@@H]3O[C@@H]3O[C@H](CO)[C@H](O)[C@H]3O)[C@H](O)[C@H]2NC(C)=O)[C@@H](CO)O[C@H]1O. The van der Waals surface area contributed by atoms with Gasteiger partial charge in [-0.1, -0.05) is 0 Å². The second kappa shape index (κ2) is 33.6. The zero-order valence-electron chi connectivity index (χ0n) is 51.2. The number of rotatable bonds is 24. The molecular formula is C53H89N3O39. The van der Waals surface area contributed by atoms with Crippen LogP contribution in [0.3, 0.4) is 0 Å². The van der Waals surface area contributed by atoms with E-state index in [0.29, 0.717) is 0 Å². The lowest BCUT2D eigenvalue weighted by atomic mass is 9.93. The van der Waals surface area contributed by atoms with E-state index in [1.54, 1.807) is 0 Å². The van der Waals surface area contributed by atoms with Crippen LogP contribution in [0.4, 0.5) is 0 Å². The van der Waals surface area contributed by atoms with Crippen LogP contribution < -0.4 is 16.0 Å². The van der Waals surface area contributed by atoms with Gasteiger partial charge >= 0.3 is 0 Å². The van der Waals surface area contributed by atoms with Gasteiger partial charge < -0.3 is 194 Å². The van der Waals surface area contributed by atoms with Gasteiger partial charge in [0.15, 0.2) is 50.3 Å². The van der Waals surface area contributed by atoms with Crippen LogP contribution in [-0.4, -0.2) is 411 Å². The number of nitrogens with one attached hydrogen (secondary N) is 3. The fraction of sp³-hybridized carbons (Fsp3) is 0.943. The lowest BCUT2D eigenvalue weighted by Crippen LogP contribution is -2.71. The van der Waals surface area contributed by atoms with Gasteiger partial charge in [-0.3, -0.25) is 14.4 Å². The number of carbonyl (C=O) groups excluding carboxylic acids is 3. The summed E-state index contributed by atoms with van der Waals surface area (Å²) in [5.74, 6) is -2.53. The summed E-state index contributed by atoms with van der Waals surface area (Å²) < 4.78 is 89.0. The normalized spacial score (nSPS) is 49.8. The molecule has 0 aromatic rings. The minimum Gasteiger partial charge on any atom is -0.394 e. The molecule has 0 spiro atoms. The third-order valence-corrected chi connectivity index (χ3v) is 17.5. The molecule has 8 aliphatic heterocycles. The highest BCUT2D eigenvalue weighted by molar-refractivity contribution is 5.74. The van der Waals surface area contributed by atoms with E-state index in [1.807, 2.05) is 0 Å². The highest BCUT2D eigenvalue weighted by Crippen LogP contribution is 2.40. The Labute approximate surface area is 538 Å². The topological polar surface area (TPSA) is 651 Å². The van der Waals surface area contributed by atoms with Gasteiger partial charge in [-0.2, -0.15) is 0 Å². The lowest BCUT2D eigenvalue weighted by molar-refractivity contribution is -0.399. The summed E-state index contributed by atoms with van der Waals surface area (Å²) in [5, 5.41) is 237. The number of carbonyl (C=O) groups is 3. The number of aliphatic hydroxyl groups excluding tert-OH is 21. The average molecular weight is 1390 g/mol. The van der Waals surface area contributed by atoms with E-state index < -0.39 is 303 Å². The summed E-state index contributed by atoms with van der Waals surface area (Å²) in [7, 11) is 0. The molecule has 8 fully saturated rings. The van der Waals surface area contributed by atoms with Crippen molar-refractivity contribution in [1.29, 1.82) is 0 Å².